The van der Waals surface area contributed by atoms with Crippen molar-refractivity contribution < 1.29 is 32.4 Å². The van der Waals surface area contributed by atoms with Crippen molar-refractivity contribution in [2.75, 3.05) is 26.2 Å². The molecule has 2 spiro atoms. The first kappa shape index (κ1) is 46.9. The van der Waals surface area contributed by atoms with Gasteiger partial charge in [-0.25, -0.2) is 4.72 Å². The van der Waals surface area contributed by atoms with E-state index in [2.05, 4.69) is 49.2 Å². The summed E-state index contributed by atoms with van der Waals surface area (Å²) in [6.45, 7) is 23.6. The van der Waals surface area contributed by atoms with Crippen molar-refractivity contribution in [1.29, 1.82) is 0 Å². The zero-order chi connectivity index (χ0) is 44.2. The molecule has 12 nitrogen and oxygen atoms in total. The number of Topliss-reactive ketones (excluding diaryl/α,β-unsaturated/α-hetero) is 2. The SMILES string of the molecule is C=C[C@@H]1C[C@]1(CC(=O)[C@@H]1C[C@@]2(CN1C(=O)[C@@H](CC(=O)[C@@H](NC(=O)[C@@H]1CCCCN1C(C)C)C1CCCCC1)C(C)(C)C)C(C)(C)C21CCC1)C(=O)NS(=O)(=O)N(CC)CC. The highest BCUT2D eigenvalue weighted by Gasteiger charge is 2.85. The zero-order valence-corrected chi connectivity index (χ0v) is 39.2. The summed E-state index contributed by atoms with van der Waals surface area (Å²) in [5.41, 5.74) is -2.27. The highest BCUT2D eigenvalue weighted by atomic mass is 32.2. The van der Waals surface area contributed by atoms with E-state index < -0.39 is 44.9 Å². The molecule has 0 aromatic rings. The van der Waals surface area contributed by atoms with E-state index in [1.165, 1.54) is 4.31 Å². The van der Waals surface area contributed by atoms with Crippen molar-refractivity contribution in [2.45, 2.75) is 183 Å². The van der Waals surface area contributed by atoms with E-state index in [0.29, 0.717) is 19.4 Å². The average molecular weight is 856 g/mol. The first-order valence-electron chi connectivity index (χ1n) is 23.4. The smallest absolute Gasteiger partial charge is 0.303 e. The normalized spacial score (nSPS) is 31.1. The summed E-state index contributed by atoms with van der Waals surface area (Å²) < 4.78 is 29.8. The molecule has 338 valence electrons. The number of likely N-dealkylation sites (tertiary alicyclic amines) is 2. The molecule has 2 aliphatic heterocycles. The second-order valence-corrected chi connectivity index (χ2v) is 23.2. The maximum absolute atomic E-state index is 15.4. The Kier molecular flexibility index (Phi) is 13.4. The number of ketones is 2. The minimum absolute atomic E-state index is 0.00126. The van der Waals surface area contributed by atoms with Crippen molar-refractivity contribution in [3.63, 3.8) is 0 Å². The summed E-state index contributed by atoms with van der Waals surface area (Å²) in [5, 5.41) is 3.28. The molecule has 3 amide bonds. The Balaban J connectivity index is 1.28. The lowest BCUT2D eigenvalue weighted by molar-refractivity contribution is -0.147. The molecule has 0 bridgehead atoms. The van der Waals surface area contributed by atoms with Crippen molar-refractivity contribution in [1.82, 2.24) is 24.1 Å². The summed E-state index contributed by atoms with van der Waals surface area (Å²) in [5.74, 6) is -2.53. The van der Waals surface area contributed by atoms with E-state index in [4.69, 9.17) is 0 Å². The Morgan fingerprint density at radius 3 is 2.03 bits per heavy atom. The van der Waals surface area contributed by atoms with E-state index in [1.54, 1.807) is 24.8 Å². The maximum Gasteiger partial charge on any atom is 0.303 e. The fourth-order valence-electron chi connectivity index (χ4n) is 12.9. The summed E-state index contributed by atoms with van der Waals surface area (Å²) in [7, 11) is -4.12. The number of hydrogen-bond donors (Lipinski definition) is 2. The number of nitrogens with one attached hydrogen (secondary N) is 2. The molecule has 7 atom stereocenters. The Morgan fingerprint density at radius 2 is 1.52 bits per heavy atom. The van der Waals surface area contributed by atoms with E-state index in [1.807, 2.05) is 20.8 Å². The molecule has 6 fully saturated rings. The number of carbonyl (C=O) groups is 5. The van der Waals surface area contributed by atoms with Crippen molar-refractivity contribution >= 4 is 39.5 Å². The maximum atomic E-state index is 15.4. The van der Waals surface area contributed by atoms with Crippen LogP contribution in [-0.2, 0) is 34.2 Å². The molecule has 2 saturated heterocycles. The van der Waals surface area contributed by atoms with Gasteiger partial charge in [0, 0.05) is 49.9 Å². The van der Waals surface area contributed by atoms with Crippen LogP contribution in [0.5, 0.6) is 0 Å². The average Bonchev–Trinajstić information content (AvgIpc) is 3.90. The highest BCUT2D eigenvalue weighted by molar-refractivity contribution is 7.87. The van der Waals surface area contributed by atoms with Crippen molar-refractivity contribution in [3.8, 4) is 0 Å². The van der Waals surface area contributed by atoms with Gasteiger partial charge in [-0.3, -0.25) is 28.9 Å². The molecule has 0 aromatic carbocycles. The number of hydrogen-bond acceptors (Lipinski definition) is 8. The van der Waals surface area contributed by atoms with Gasteiger partial charge in [0.1, 0.15) is 0 Å². The van der Waals surface area contributed by atoms with Crippen LogP contribution in [0, 0.1) is 44.8 Å². The first-order chi connectivity index (χ1) is 28.1. The number of fused-ring (bicyclic) bond motifs is 1. The second-order valence-electron chi connectivity index (χ2n) is 21.5. The van der Waals surface area contributed by atoms with Crippen molar-refractivity contribution in [2.24, 2.45) is 44.8 Å². The lowest BCUT2D eigenvalue weighted by atomic mass is 9.73. The number of nitrogens with zero attached hydrogens (tertiary/aromatic N) is 3. The standard InChI is InChI=1S/C47H77N5O7S/c1-11-33-27-45(33,42(57)49-60(58,59)50(12-2)13-3)29-38(54)36-28-47(44(9,10)46(47)23-19-24-46)30-52(36)41(56)34(43(6,7)8)26-37(53)39(32-20-15-14-16-21-32)48-40(55)35-22-17-18-25-51(35)31(4)5/h11,31-36,39H,1,12-30H2,2-10H3,(H,48,55)(H,49,57)/t33-,34-,35+,36+,39+,45-,47-/m1/s1. The highest BCUT2D eigenvalue weighted by Crippen LogP contribution is 2.88. The number of allylic oxidation sites excluding steroid dienone is 1. The predicted octanol–water partition coefficient (Wildman–Crippen LogP) is 6.59. The Morgan fingerprint density at radius 1 is 0.883 bits per heavy atom. The molecule has 4 aliphatic carbocycles. The Labute approximate surface area is 361 Å². The van der Waals surface area contributed by atoms with Gasteiger partial charge in [0.2, 0.25) is 17.7 Å². The van der Waals surface area contributed by atoms with Gasteiger partial charge in [0.25, 0.3) is 0 Å². The molecule has 60 heavy (non-hydrogen) atoms. The summed E-state index contributed by atoms with van der Waals surface area (Å²) in [6, 6.07) is -1.59. The molecule has 13 heteroatoms. The van der Waals surface area contributed by atoms with Crippen LogP contribution in [0.3, 0.4) is 0 Å². The fraction of sp³-hybridized carbons (Fsp3) is 0.851. The van der Waals surface area contributed by atoms with Gasteiger partial charge < -0.3 is 10.2 Å². The van der Waals surface area contributed by atoms with Crippen LogP contribution < -0.4 is 10.0 Å². The largest absolute Gasteiger partial charge is 0.345 e. The molecule has 2 N–H and O–H groups in total. The van der Waals surface area contributed by atoms with Crippen molar-refractivity contribution in [3.05, 3.63) is 12.7 Å². The third-order valence-electron chi connectivity index (χ3n) is 17.1. The molecule has 0 unspecified atom stereocenters. The van der Waals surface area contributed by atoms with Gasteiger partial charge in [0.15, 0.2) is 11.6 Å². The van der Waals surface area contributed by atoms with Crippen LogP contribution >= 0.6 is 0 Å². The summed E-state index contributed by atoms with van der Waals surface area (Å²) in [6.07, 6.45) is 12.9. The van der Waals surface area contributed by atoms with Crippen LogP contribution in [-0.4, -0.2) is 102 Å². The number of amides is 3. The summed E-state index contributed by atoms with van der Waals surface area (Å²) in [4.78, 5) is 77.2. The van der Waals surface area contributed by atoms with Crippen LogP contribution in [0.25, 0.3) is 0 Å². The quantitative estimate of drug-likeness (QED) is 0.156. The fourth-order valence-corrected chi connectivity index (χ4v) is 14.2. The lowest BCUT2D eigenvalue weighted by Crippen LogP contribution is -2.57. The Bertz CT molecular complexity index is 1790. The Hall–Kier alpha value is -2.64. The van der Waals surface area contributed by atoms with Gasteiger partial charge in [-0.1, -0.05) is 86.6 Å². The summed E-state index contributed by atoms with van der Waals surface area (Å²) >= 11 is 0. The van der Waals surface area contributed by atoms with Gasteiger partial charge in [-0.05, 0) is 99.8 Å². The minimum Gasteiger partial charge on any atom is -0.345 e. The molecule has 0 aromatic heterocycles. The molecular formula is C47H77N5O7S. The van der Waals surface area contributed by atoms with Gasteiger partial charge in [-0.15, -0.1) is 6.58 Å². The van der Waals surface area contributed by atoms with Crippen LogP contribution in [0.2, 0.25) is 0 Å². The van der Waals surface area contributed by atoms with E-state index >= 15 is 4.79 Å². The monoisotopic (exact) mass is 856 g/mol. The van der Waals surface area contributed by atoms with Gasteiger partial charge in [-0.2, -0.15) is 12.7 Å². The molecular weight excluding hydrogens is 779 g/mol. The zero-order valence-electron chi connectivity index (χ0n) is 38.4. The third kappa shape index (κ3) is 8.07. The number of piperidine rings is 1. The van der Waals surface area contributed by atoms with Crippen LogP contribution in [0.15, 0.2) is 12.7 Å². The minimum atomic E-state index is -4.12. The molecule has 2 heterocycles. The molecule has 0 radical (unpaired) electrons. The molecule has 4 saturated carbocycles. The molecule has 6 aliphatic rings. The van der Waals surface area contributed by atoms with Gasteiger partial charge >= 0.3 is 10.2 Å². The predicted molar refractivity (Wildman–Crippen MR) is 234 cm³/mol. The van der Waals surface area contributed by atoms with E-state index in [-0.39, 0.29) is 89.5 Å². The molecule has 6 rings (SSSR count). The number of carbonyl (C=O) groups excluding carboxylic acids is 5. The lowest BCUT2D eigenvalue weighted by Gasteiger charge is -2.40. The van der Waals surface area contributed by atoms with E-state index in [9.17, 15) is 27.6 Å². The van der Waals surface area contributed by atoms with E-state index in [0.717, 1.165) is 77.2 Å². The topological polar surface area (TPSA) is 153 Å². The van der Waals surface area contributed by atoms with Crippen LogP contribution in [0.4, 0.5) is 0 Å². The first-order valence-corrected chi connectivity index (χ1v) is 24.9. The third-order valence-corrected chi connectivity index (χ3v) is 18.8. The number of rotatable bonds is 17. The second kappa shape index (κ2) is 17.1. The van der Waals surface area contributed by atoms with Crippen LogP contribution in [0.1, 0.15) is 159 Å². The van der Waals surface area contributed by atoms with Gasteiger partial charge in [0.05, 0.1) is 23.5 Å².